The zero-order valence-corrected chi connectivity index (χ0v) is 7.73. The van der Waals surface area contributed by atoms with Gasteiger partial charge in [0.15, 0.2) is 0 Å². The monoisotopic (exact) mass is 200 g/mol. The van der Waals surface area contributed by atoms with Gasteiger partial charge in [-0.2, -0.15) is 0 Å². The van der Waals surface area contributed by atoms with Crippen LogP contribution in [0.5, 0.6) is 0 Å². The number of pyridine rings is 1. The Hall–Kier alpha value is -0.385. The standard InChI is InChI=1S/C6H6BClN2OS/c7-12-11-3-4-1-5(8)10-6(9)2-4/h1-2H,3H2,(H2,9,10). The third-order valence-corrected chi connectivity index (χ3v) is 1.61. The number of halogens is 1. The van der Waals surface area contributed by atoms with Crippen LogP contribution in [-0.2, 0) is 10.8 Å². The third-order valence-electron chi connectivity index (χ3n) is 1.17. The lowest BCUT2D eigenvalue weighted by Crippen LogP contribution is -1.94. The molecule has 0 saturated carbocycles. The second kappa shape index (κ2) is 4.59. The fourth-order valence-electron chi connectivity index (χ4n) is 0.758. The molecule has 0 saturated heterocycles. The average molecular weight is 200 g/mol. The lowest BCUT2D eigenvalue weighted by atomic mass is 10.3. The minimum absolute atomic E-state index is 0.357. The molecule has 12 heavy (non-hydrogen) atoms. The van der Waals surface area contributed by atoms with Crippen LogP contribution in [0.2, 0.25) is 5.15 Å². The van der Waals surface area contributed by atoms with Crippen molar-refractivity contribution in [1.82, 2.24) is 4.98 Å². The number of nitrogen functional groups attached to an aromatic ring is 1. The molecule has 0 aliphatic heterocycles. The Bertz CT molecular complexity index is 253. The Balaban J connectivity index is 2.72. The van der Waals surface area contributed by atoms with Gasteiger partial charge in [-0.05, 0) is 17.7 Å². The number of hydrogen-bond acceptors (Lipinski definition) is 4. The summed E-state index contributed by atoms with van der Waals surface area (Å²) in [5, 5.41) is 0.357. The van der Waals surface area contributed by atoms with E-state index in [0.717, 1.165) is 17.5 Å². The normalized spacial score (nSPS) is 10.1. The molecule has 0 aliphatic rings. The van der Waals surface area contributed by atoms with Gasteiger partial charge >= 0.3 is 0 Å². The van der Waals surface area contributed by atoms with Gasteiger partial charge in [-0.25, -0.2) is 4.98 Å². The molecule has 2 radical (unpaired) electrons. The number of aromatic nitrogens is 1. The second-order valence-electron chi connectivity index (χ2n) is 2.08. The number of nitrogens with zero attached hydrogens (tertiary/aromatic N) is 1. The number of hydrogen-bond donors (Lipinski definition) is 1. The fraction of sp³-hybridized carbons (Fsp3) is 0.167. The first-order valence-electron chi connectivity index (χ1n) is 3.12. The van der Waals surface area contributed by atoms with Crippen LogP contribution in [0.25, 0.3) is 0 Å². The largest absolute Gasteiger partial charge is 0.384 e. The fourth-order valence-corrected chi connectivity index (χ4v) is 1.20. The molecule has 0 fully saturated rings. The molecule has 1 aromatic heterocycles. The Morgan fingerprint density at radius 1 is 1.67 bits per heavy atom. The van der Waals surface area contributed by atoms with Gasteiger partial charge in [-0.1, -0.05) is 23.5 Å². The van der Waals surface area contributed by atoms with Gasteiger partial charge in [0, 0.05) is 0 Å². The lowest BCUT2D eigenvalue weighted by molar-refractivity contribution is 0.369. The van der Waals surface area contributed by atoms with Crippen LogP contribution >= 0.6 is 23.5 Å². The molecule has 62 valence electrons. The summed E-state index contributed by atoms with van der Waals surface area (Å²) in [6.45, 7) is 0.369. The van der Waals surface area contributed by atoms with Gasteiger partial charge < -0.3 is 9.92 Å². The van der Waals surface area contributed by atoms with Crippen LogP contribution in [0, 0.1) is 0 Å². The molecular formula is C6H6BClN2OS. The summed E-state index contributed by atoms with van der Waals surface area (Å²) in [5.41, 5.74) is 6.29. The van der Waals surface area contributed by atoms with Gasteiger partial charge in [0.25, 0.3) is 0 Å². The minimum Gasteiger partial charge on any atom is -0.384 e. The van der Waals surface area contributed by atoms with Crippen LogP contribution in [0.3, 0.4) is 0 Å². The first-order valence-corrected chi connectivity index (χ1v) is 4.31. The predicted octanol–water partition coefficient (Wildman–Crippen LogP) is 1.57. The highest BCUT2D eigenvalue weighted by molar-refractivity contribution is 8.15. The molecule has 1 heterocycles. The van der Waals surface area contributed by atoms with E-state index in [9.17, 15) is 0 Å². The van der Waals surface area contributed by atoms with Crippen LogP contribution in [0.15, 0.2) is 12.1 Å². The van der Waals surface area contributed by atoms with Crippen LogP contribution in [0.4, 0.5) is 5.82 Å². The van der Waals surface area contributed by atoms with Crippen LogP contribution in [0.1, 0.15) is 5.56 Å². The summed E-state index contributed by atoms with van der Waals surface area (Å²) >= 11 is 6.45. The van der Waals surface area contributed by atoms with E-state index in [4.69, 9.17) is 28.6 Å². The molecule has 1 aromatic rings. The first-order chi connectivity index (χ1) is 5.72. The summed E-state index contributed by atoms with van der Waals surface area (Å²) in [7, 11) is 5.07. The molecule has 0 amide bonds. The van der Waals surface area contributed by atoms with Crippen molar-refractivity contribution in [3.8, 4) is 0 Å². The lowest BCUT2D eigenvalue weighted by Gasteiger charge is -2.01. The van der Waals surface area contributed by atoms with Crippen molar-refractivity contribution in [3.05, 3.63) is 22.8 Å². The Kier molecular flexibility index (Phi) is 3.71. The minimum atomic E-state index is 0.357. The molecule has 6 heteroatoms. The summed E-state index contributed by atoms with van der Waals surface area (Å²) in [6.07, 6.45) is 0. The van der Waals surface area contributed by atoms with E-state index in [1.54, 1.807) is 12.1 Å². The maximum absolute atomic E-state index is 5.64. The maximum Gasteiger partial charge on any atom is 0.203 e. The molecule has 0 atom stereocenters. The van der Waals surface area contributed by atoms with E-state index in [1.807, 2.05) is 0 Å². The van der Waals surface area contributed by atoms with E-state index in [-0.39, 0.29) is 0 Å². The molecule has 0 aliphatic carbocycles. The smallest absolute Gasteiger partial charge is 0.203 e. The van der Waals surface area contributed by atoms with Crippen molar-refractivity contribution in [2.75, 3.05) is 5.73 Å². The number of nitrogens with two attached hydrogens (primary N) is 1. The number of anilines is 1. The Labute approximate surface area is 81.2 Å². The molecule has 0 bridgehead atoms. The molecule has 0 unspecified atom stereocenters. The zero-order chi connectivity index (χ0) is 8.97. The molecule has 1 rings (SSSR count). The van der Waals surface area contributed by atoms with Crippen molar-refractivity contribution >= 4 is 36.4 Å². The number of rotatable bonds is 3. The van der Waals surface area contributed by atoms with Gasteiger partial charge in [0.05, 0.1) is 6.61 Å². The Morgan fingerprint density at radius 2 is 2.42 bits per heavy atom. The van der Waals surface area contributed by atoms with Crippen molar-refractivity contribution in [2.24, 2.45) is 0 Å². The summed E-state index contributed by atoms with van der Waals surface area (Å²) in [5.74, 6) is 0.378. The highest BCUT2D eigenvalue weighted by atomic mass is 35.5. The van der Waals surface area contributed by atoms with Gasteiger partial charge in [-0.15, -0.1) is 0 Å². The molecular weight excluding hydrogens is 194 g/mol. The SMILES string of the molecule is [B]SOCc1cc(N)nc(Cl)c1. The zero-order valence-electron chi connectivity index (χ0n) is 6.16. The van der Waals surface area contributed by atoms with Crippen molar-refractivity contribution in [3.63, 3.8) is 0 Å². The second-order valence-corrected chi connectivity index (χ2v) is 2.90. The first kappa shape index (κ1) is 9.70. The highest BCUT2D eigenvalue weighted by Crippen LogP contribution is 2.14. The van der Waals surface area contributed by atoms with E-state index in [0.29, 0.717) is 17.6 Å². The van der Waals surface area contributed by atoms with Crippen molar-refractivity contribution in [1.29, 1.82) is 0 Å². The molecule has 0 spiro atoms. The van der Waals surface area contributed by atoms with Gasteiger partial charge in [-0.3, -0.25) is 0 Å². The van der Waals surface area contributed by atoms with E-state index >= 15 is 0 Å². The van der Waals surface area contributed by atoms with Crippen LogP contribution < -0.4 is 5.73 Å². The average Bonchev–Trinajstić information content (AvgIpc) is 1.99. The quantitative estimate of drug-likeness (QED) is 0.457. The van der Waals surface area contributed by atoms with E-state index in [2.05, 4.69) is 4.98 Å². The summed E-state index contributed by atoms with van der Waals surface area (Å²) in [6, 6.07) is 3.36. The van der Waals surface area contributed by atoms with Crippen molar-refractivity contribution < 1.29 is 4.18 Å². The summed E-state index contributed by atoms with van der Waals surface area (Å²) < 4.78 is 4.88. The van der Waals surface area contributed by atoms with Crippen molar-refractivity contribution in [2.45, 2.75) is 6.61 Å². The molecule has 3 nitrogen and oxygen atoms in total. The molecule has 0 aromatic carbocycles. The van der Waals surface area contributed by atoms with Gasteiger partial charge in [0.1, 0.15) is 11.0 Å². The third kappa shape index (κ3) is 2.93. The van der Waals surface area contributed by atoms with E-state index < -0.39 is 0 Å². The molecule has 2 N–H and O–H groups in total. The Morgan fingerprint density at radius 3 is 3.00 bits per heavy atom. The maximum atomic E-state index is 5.64. The predicted molar refractivity (Wildman–Crippen MR) is 51.8 cm³/mol. The highest BCUT2D eigenvalue weighted by Gasteiger charge is 1.98. The summed E-state index contributed by atoms with van der Waals surface area (Å²) in [4.78, 5) is 3.79. The topological polar surface area (TPSA) is 48.1 Å². The van der Waals surface area contributed by atoms with Gasteiger partial charge in [0.2, 0.25) is 7.12 Å². The van der Waals surface area contributed by atoms with E-state index in [1.165, 1.54) is 0 Å². The van der Waals surface area contributed by atoms with Crippen LogP contribution in [-0.4, -0.2) is 12.1 Å².